The predicted octanol–water partition coefficient (Wildman–Crippen LogP) is 1.49. The third kappa shape index (κ3) is 3.11. The maximum absolute atomic E-state index is 12.3. The summed E-state index contributed by atoms with van der Waals surface area (Å²) in [5.74, 6) is 1.36. The van der Waals surface area contributed by atoms with Gasteiger partial charge in [-0.3, -0.25) is 9.59 Å². The van der Waals surface area contributed by atoms with Crippen LogP contribution in [-0.4, -0.2) is 26.9 Å². The number of nitrogens with zero attached hydrogens (tertiary/aromatic N) is 3. The number of nitrogens with one attached hydrogen (secondary N) is 1. The first-order valence-corrected chi connectivity index (χ1v) is 8.34. The van der Waals surface area contributed by atoms with Crippen LogP contribution in [0.2, 0.25) is 0 Å². The molecule has 2 aliphatic carbocycles. The van der Waals surface area contributed by atoms with E-state index >= 15 is 0 Å². The van der Waals surface area contributed by atoms with Gasteiger partial charge in [0, 0.05) is 12.5 Å². The summed E-state index contributed by atoms with van der Waals surface area (Å²) in [6, 6.07) is 7.47. The Morgan fingerprint density at radius 2 is 1.91 bits per heavy atom. The van der Waals surface area contributed by atoms with Gasteiger partial charge in [0.15, 0.2) is 0 Å². The third-order valence-corrected chi connectivity index (χ3v) is 4.77. The fourth-order valence-corrected chi connectivity index (χ4v) is 3.17. The highest BCUT2D eigenvalue weighted by Gasteiger charge is 2.42. The third-order valence-electron chi connectivity index (χ3n) is 4.77. The minimum absolute atomic E-state index is 0.00987. The molecule has 6 nitrogen and oxygen atoms in total. The minimum Gasteiger partial charge on any atom is -0.353 e. The molecule has 1 amide bonds. The fourth-order valence-electron chi connectivity index (χ4n) is 3.17. The molecule has 0 bridgehead atoms. The van der Waals surface area contributed by atoms with Crippen molar-refractivity contribution in [1.29, 1.82) is 0 Å². The second-order valence-electron chi connectivity index (χ2n) is 6.65. The molecule has 0 atom stereocenters. The molecule has 2 aromatic rings. The fraction of sp³-hybridized carbons (Fsp3) is 0.529. The lowest BCUT2D eigenvalue weighted by atomic mass is 10.1. The van der Waals surface area contributed by atoms with Gasteiger partial charge in [0.25, 0.3) is 5.56 Å². The van der Waals surface area contributed by atoms with Crippen molar-refractivity contribution in [2.75, 3.05) is 0 Å². The van der Waals surface area contributed by atoms with Crippen molar-refractivity contribution in [3.63, 3.8) is 0 Å². The van der Waals surface area contributed by atoms with Crippen molar-refractivity contribution in [2.24, 2.45) is 11.8 Å². The van der Waals surface area contributed by atoms with Crippen molar-refractivity contribution in [2.45, 2.75) is 44.7 Å². The Kier molecular flexibility index (Phi) is 3.59. The zero-order valence-corrected chi connectivity index (χ0v) is 12.9. The first kappa shape index (κ1) is 14.4. The summed E-state index contributed by atoms with van der Waals surface area (Å²) in [5.41, 5.74) is 0.394. The van der Waals surface area contributed by atoms with E-state index in [1.165, 1.54) is 30.4 Å². The Balaban J connectivity index is 1.41. The molecule has 1 N–H and O–H groups in total. The van der Waals surface area contributed by atoms with Crippen molar-refractivity contribution < 1.29 is 4.79 Å². The van der Waals surface area contributed by atoms with Crippen LogP contribution in [0.15, 0.2) is 29.1 Å². The van der Waals surface area contributed by atoms with Crippen molar-refractivity contribution >= 4 is 16.8 Å². The number of rotatable bonds is 6. The van der Waals surface area contributed by atoms with Crippen molar-refractivity contribution in [3.8, 4) is 0 Å². The summed E-state index contributed by atoms with van der Waals surface area (Å²) in [6.07, 6.45) is 5.20. The first-order valence-electron chi connectivity index (χ1n) is 8.34. The van der Waals surface area contributed by atoms with E-state index in [0.29, 0.717) is 28.8 Å². The van der Waals surface area contributed by atoms with E-state index in [1.54, 1.807) is 18.2 Å². The average Bonchev–Trinajstić information content (AvgIpc) is 3.46. The number of hydrogen-bond acceptors (Lipinski definition) is 4. The number of amides is 1. The number of benzene rings is 1. The standard InChI is InChI=1S/C17H20N4O2/c22-15(18-16(11-5-6-11)12-7-8-12)9-10-21-17(23)13-3-1-2-4-14(13)19-20-21/h1-4,11-12,16H,5-10H2,(H,18,22). The van der Waals surface area contributed by atoms with Crippen LogP contribution >= 0.6 is 0 Å². The minimum atomic E-state index is -0.190. The van der Waals surface area contributed by atoms with Crippen LogP contribution in [0.25, 0.3) is 10.9 Å². The van der Waals surface area contributed by atoms with E-state index in [2.05, 4.69) is 15.6 Å². The van der Waals surface area contributed by atoms with E-state index in [1.807, 2.05) is 6.07 Å². The predicted molar refractivity (Wildman–Crippen MR) is 85.8 cm³/mol. The second kappa shape index (κ2) is 5.76. The summed E-state index contributed by atoms with van der Waals surface area (Å²) in [4.78, 5) is 24.5. The Labute approximate surface area is 133 Å². The topological polar surface area (TPSA) is 76.9 Å². The summed E-state index contributed by atoms with van der Waals surface area (Å²) < 4.78 is 1.28. The first-order chi connectivity index (χ1) is 11.2. The van der Waals surface area contributed by atoms with Crippen LogP contribution in [0, 0.1) is 11.8 Å². The highest BCUT2D eigenvalue weighted by atomic mass is 16.2. The molecule has 2 aliphatic rings. The van der Waals surface area contributed by atoms with E-state index in [9.17, 15) is 9.59 Å². The molecule has 6 heteroatoms. The lowest BCUT2D eigenvalue weighted by Gasteiger charge is -2.17. The quantitative estimate of drug-likeness (QED) is 0.876. The smallest absolute Gasteiger partial charge is 0.277 e. The zero-order valence-electron chi connectivity index (χ0n) is 12.9. The highest BCUT2D eigenvalue weighted by molar-refractivity contribution is 5.77. The Morgan fingerprint density at radius 3 is 2.61 bits per heavy atom. The van der Waals surface area contributed by atoms with Gasteiger partial charge in [-0.1, -0.05) is 17.3 Å². The lowest BCUT2D eigenvalue weighted by molar-refractivity contribution is -0.122. The Bertz CT molecular complexity index is 781. The summed E-state index contributed by atoms with van der Waals surface area (Å²) in [6.45, 7) is 0.268. The summed E-state index contributed by atoms with van der Waals surface area (Å²) >= 11 is 0. The van der Waals surface area contributed by atoms with Crippen LogP contribution < -0.4 is 10.9 Å². The molecule has 1 aromatic carbocycles. The molecule has 0 aliphatic heterocycles. The largest absolute Gasteiger partial charge is 0.353 e. The van der Waals surface area contributed by atoms with E-state index < -0.39 is 0 Å². The van der Waals surface area contributed by atoms with Gasteiger partial charge in [0.05, 0.1) is 11.9 Å². The molecule has 0 spiro atoms. The molecular weight excluding hydrogens is 292 g/mol. The van der Waals surface area contributed by atoms with Crippen LogP contribution in [-0.2, 0) is 11.3 Å². The summed E-state index contributed by atoms with van der Waals surface area (Å²) in [7, 11) is 0. The van der Waals surface area contributed by atoms with Crippen LogP contribution in [0.5, 0.6) is 0 Å². The van der Waals surface area contributed by atoms with E-state index in [-0.39, 0.29) is 24.4 Å². The van der Waals surface area contributed by atoms with Gasteiger partial charge in [-0.05, 0) is 49.7 Å². The zero-order chi connectivity index (χ0) is 15.8. The van der Waals surface area contributed by atoms with Crippen molar-refractivity contribution in [3.05, 3.63) is 34.6 Å². The van der Waals surface area contributed by atoms with Crippen LogP contribution in [0.1, 0.15) is 32.1 Å². The van der Waals surface area contributed by atoms with Gasteiger partial charge in [-0.25, -0.2) is 4.68 Å². The normalized spacial score (nSPS) is 17.6. The molecule has 4 rings (SSSR count). The number of carbonyl (C=O) groups is 1. The number of fused-ring (bicyclic) bond motifs is 1. The van der Waals surface area contributed by atoms with Gasteiger partial charge in [0.1, 0.15) is 5.52 Å². The molecule has 1 heterocycles. The van der Waals surface area contributed by atoms with E-state index in [4.69, 9.17) is 0 Å². The molecule has 2 saturated carbocycles. The van der Waals surface area contributed by atoms with Gasteiger partial charge >= 0.3 is 0 Å². The molecular formula is C17H20N4O2. The molecule has 2 fully saturated rings. The van der Waals surface area contributed by atoms with Crippen molar-refractivity contribution in [1.82, 2.24) is 20.3 Å². The number of aromatic nitrogens is 3. The SMILES string of the molecule is O=C(CCn1nnc2ccccc2c1=O)NC(C1CC1)C1CC1. The number of carbonyl (C=O) groups excluding carboxylic acids is 1. The maximum Gasteiger partial charge on any atom is 0.277 e. The lowest BCUT2D eigenvalue weighted by Crippen LogP contribution is -2.39. The van der Waals surface area contributed by atoms with Crippen LogP contribution in [0.4, 0.5) is 0 Å². The van der Waals surface area contributed by atoms with Gasteiger partial charge < -0.3 is 5.32 Å². The maximum atomic E-state index is 12.3. The highest BCUT2D eigenvalue weighted by Crippen LogP contribution is 2.44. The van der Waals surface area contributed by atoms with Gasteiger partial charge in [-0.15, -0.1) is 5.10 Å². The van der Waals surface area contributed by atoms with Gasteiger partial charge in [0.2, 0.25) is 5.91 Å². The molecule has 0 saturated heterocycles. The number of hydrogen-bond donors (Lipinski definition) is 1. The second-order valence-corrected chi connectivity index (χ2v) is 6.65. The summed E-state index contributed by atoms with van der Waals surface area (Å²) in [5, 5.41) is 11.7. The van der Waals surface area contributed by atoms with Crippen LogP contribution in [0.3, 0.4) is 0 Å². The van der Waals surface area contributed by atoms with Gasteiger partial charge in [-0.2, -0.15) is 0 Å². The molecule has 0 radical (unpaired) electrons. The Morgan fingerprint density at radius 1 is 1.22 bits per heavy atom. The monoisotopic (exact) mass is 312 g/mol. The molecule has 1 aromatic heterocycles. The molecule has 23 heavy (non-hydrogen) atoms. The average molecular weight is 312 g/mol. The van der Waals surface area contributed by atoms with E-state index in [0.717, 1.165) is 0 Å². The number of aryl methyl sites for hydroxylation is 1. The Hall–Kier alpha value is -2.24. The molecule has 0 unspecified atom stereocenters. The molecule has 120 valence electrons.